The van der Waals surface area contributed by atoms with Gasteiger partial charge >= 0.3 is 0 Å². The summed E-state index contributed by atoms with van der Waals surface area (Å²) >= 11 is 0. The zero-order valence-corrected chi connectivity index (χ0v) is 10.5. The van der Waals surface area contributed by atoms with Gasteiger partial charge in [-0.05, 0) is 43.3 Å². The first-order valence-electron chi connectivity index (χ1n) is 5.95. The monoisotopic (exact) mass is 259 g/mol. The summed E-state index contributed by atoms with van der Waals surface area (Å²) in [7, 11) is 0. The number of anilines is 1. The molecule has 0 radical (unpaired) electrons. The highest BCUT2D eigenvalue weighted by Gasteiger charge is 2.16. The number of hydrogen-bond donors (Lipinski definition) is 1. The molecule has 4 heteroatoms. The molecule has 0 aliphatic heterocycles. The van der Waals surface area contributed by atoms with Gasteiger partial charge in [0.05, 0.1) is 17.9 Å². The number of para-hydroxylation sites is 1. The van der Waals surface area contributed by atoms with Gasteiger partial charge in [-0.15, -0.1) is 0 Å². The normalized spacial score (nSPS) is 10.2. The van der Waals surface area contributed by atoms with Crippen LogP contribution in [0.25, 0.3) is 0 Å². The first kappa shape index (κ1) is 13.1. The molecule has 98 valence electrons. The Labute approximate surface area is 110 Å². The summed E-state index contributed by atoms with van der Waals surface area (Å²) in [5.41, 5.74) is 7.00. The van der Waals surface area contributed by atoms with Crippen LogP contribution < -0.4 is 10.5 Å². The molecule has 0 heterocycles. The number of ether oxygens (including phenoxy) is 1. The van der Waals surface area contributed by atoms with Crippen molar-refractivity contribution in [3.63, 3.8) is 0 Å². The first-order valence-corrected chi connectivity index (χ1v) is 5.95. The molecule has 0 fully saturated rings. The number of halogens is 1. The number of nitrogen functional groups attached to an aromatic ring is 1. The van der Waals surface area contributed by atoms with Crippen LogP contribution in [0.15, 0.2) is 42.5 Å². The maximum Gasteiger partial charge on any atom is 0.196 e. The van der Waals surface area contributed by atoms with E-state index in [-0.39, 0.29) is 11.6 Å². The van der Waals surface area contributed by atoms with Crippen LogP contribution in [-0.2, 0) is 0 Å². The number of carbonyl (C=O) groups excluding carboxylic acids is 1. The van der Waals surface area contributed by atoms with Crippen LogP contribution in [0, 0.1) is 5.82 Å². The highest BCUT2D eigenvalue weighted by atomic mass is 19.1. The summed E-state index contributed by atoms with van der Waals surface area (Å²) in [6.07, 6.45) is 0. The average Bonchev–Trinajstić information content (AvgIpc) is 2.41. The molecular formula is C15H14FNO2. The third-order valence-electron chi connectivity index (χ3n) is 2.69. The van der Waals surface area contributed by atoms with E-state index < -0.39 is 0 Å². The van der Waals surface area contributed by atoms with Crippen molar-refractivity contribution in [2.75, 3.05) is 12.3 Å². The molecule has 0 bridgehead atoms. The lowest BCUT2D eigenvalue weighted by Crippen LogP contribution is -2.07. The Balaban J connectivity index is 2.43. The van der Waals surface area contributed by atoms with E-state index in [1.54, 1.807) is 18.2 Å². The van der Waals surface area contributed by atoms with Crippen LogP contribution in [0.5, 0.6) is 5.75 Å². The highest BCUT2D eigenvalue weighted by molar-refractivity contribution is 6.11. The average molecular weight is 259 g/mol. The molecule has 0 unspecified atom stereocenters. The Bertz CT molecular complexity index is 594. The highest BCUT2D eigenvalue weighted by Crippen LogP contribution is 2.28. The van der Waals surface area contributed by atoms with Gasteiger partial charge in [-0.3, -0.25) is 4.79 Å². The Morgan fingerprint density at radius 2 is 1.89 bits per heavy atom. The fraction of sp³-hybridized carbons (Fsp3) is 0.133. The molecule has 2 aromatic carbocycles. The fourth-order valence-corrected chi connectivity index (χ4v) is 1.80. The first-order chi connectivity index (χ1) is 9.13. The van der Waals surface area contributed by atoms with Crippen molar-refractivity contribution in [2.45, 2.75) is 6.92 Å². The summed E-state index contributed by atoms with van der Waals surface area (Å²) in [4.78, 5) is 12.3. The zero-order valence-electron chi connectivity index (χ0n) is 10.5. The van der Waals surface area contributed by atoms with Crippen molar-refractivity contribution in [3.05, 3.63) is 59.4 Å². The Morgan fingerprint density at radius 1 is 1.21 bits per heavy atom. The zero-order chi connectivity index (χ0) is 13.8. The number of nitrogens with two attached hydrogens (primary N) is 1. The number of hydrogen-bond acceptors (Lipinski definition) is 3. The van der Waals surface area contributed by atoms with Crippen LogP contribution in [-0.4, -0.2) is 12.4 Å². The van der Waals surface area contributed by atoms with Crippen molar-refractivity contribution < 1.29 is 13.9 Å². The summed E-state index contributed by atoms with van der Waals surface area (Å²) in [6.45, 7) is 2.23. The predicted octanol–water partition coefficient (Wildman–Crippen LogP) is 3.04. The second-order valence-electron chi connectivity index (χ2n) is 3.99. The molecule has 19 heavy (non-hydrogen) atoms. The van der Waals surface area contributed by atoms with Gasteiger partial charge in [0, 0.05) is 5.56 Å². The van der Waals surface area contributed by atoms with E-state index in [9.17, 15) is 9.18 Å². The second-order valence-corrected chi connectivity index (χ2v) is 3.99. The molecule has 2 N–H and O–H groups in total. The maximum absolute atomic E-state index is 12.9. The predicted molar refractivity (Wildman–Crippen MR) is 71.9 cm³/mol. The SMILES string of the molecule is CCOc1c(N)cccc1C(=O)c1ccc(F)cc1. The third-order valence-corrected chi connectivity index (χ3v) is 2.69. The van der Waals surface area contributed by atoms with Gasteiger partial charge in [0.2, 0.25) is 0 Å². The number of carbonyl (C=O) groups is 1. The summed E-state index contributed by atoms with van der Waals surface area (Å²) < 4.78 is 18.3. The maximum atomic E-state index is 12.9. The van der Waals surface area contributed by atoms with E-state index >= 15 is 0 Å². The number of ketones is 1. The molecule has 0 aliphatic carbocycles. The lowest BCUT2D eigenvalue weighted by atomic mass is 10.0. The van der Waals surface area contributed by atoms with E-state index in [0.29, 0.717) is 29.2 Å². The molecule has 0 amide bonds. The fourth-order valence-electron chi connectivity index (χ4n) is 1.80. The topological polar surface area (TPSA) is 52.3 Å². The molecule has 0 saturated carbocycles. The summed E-state index contributed by atoms with van der Waals surface area (Å²) in [5, 5.41) is 0. The minimum atomic E-state index is -0.380. The van der Waals surface area contributed by atoms with Crippen LogP contribution in [0.3, 0.4) is 0 Å². The van der Waals surface area contributed by atoms with Crippen molar-refractivity contribution in [2.24, 2.45) is 0 Å². The Hall–Kier alpha value is -2.36. The van der Waals surface area contributed by atoms with Crippen molar-refractivity contribution in [1.29, 1.82) is 0 Å². The van der Waals surface area contributed by atoms with E-state index in [1.165, 1.54) is 24.3 Å². The second kappa shape index (κ2) is 5.52. The lowest BCUT2D eigenvalue weighted by molar-refractivity contribution is 0.103. The van der Waals surface area contributed by atoms with Gasteiger partial charge in [-0.1, -0.05) is 6.07 Å². The minimum Gasteiger partial charge on any atom is -0.491 e. The molecule has 0 spiro atoms. The molecule has 0 saturated heterocycles. The van der Waals surface area contributed by atoms with Crippen LogP contribution in [0.2, 0.25) is 0 Å². The molecule has 0 atom stereocenters. The quantitative estimate of drug-likeness (QED) is 0.678. The summed E-state index contributed by atoms with van der Waals surface area (Å²) in [5.74, 6) is -0.246. The van der Waals surface area contributed by atoms with E-state index in [4.69, 9.17) is 10.5 Å². The van der Waals surface area contributed by atoms with Crippen LogP contribution >= 0.6 is 0 Å². The smallest absolute Gasteiger partial charge is 0.196 e. The van der Waals surface area contributed by atoms with Gasteiger partial charge in [0.15, 0.2) is 11.5 Å². The lowest BCUT2D eigenvalue weighted by Gasteiger charge is -2.11. The van der Waals surface area contributed by atoms with Crippen LogP contribution in [0.1, 0.15) is 22.8 Å². The van der Waals surface area contributed by atoms with E-state index in [0.717, 1.165) is 0 Å². The van der Waals surface area contributed by atoms with Gasteiger partial charge in [-0.25, -0.2) is 4.39 Å². The van der Waals surface area contributed by atoms with Crippen LogP contribution in [0.4, 0.5) is 10.1 Å². The molecule has 2 rings (SSSR count). The minimum absolute atomic E-state index is 0.240. The molecule has 0 aromatic heterocycles. The van der Waals surface area contributed by atoms with Gasteiger partial charge in [0.1, 0.15) is 5.82 Å². The van der Waals surface area contributed by atoms with Crippen molar-refractivity contribution >= 4 is 11.5 Å². The van der Waals surface area contributed by atoms with Gasteiger partial charge < -0.3 is 10.5 Å². The standard InChI is InChI=1S/C15H14FNO2/c1-2-19-15-12(4-3-5-13(15)17)14(18)10-6-8-11(16)9-7-10/h3-9H,2,17H2,1H3. The molecular weight excluding hydrogens is 245 g/mol. The van der Waals surface area contributed by atoms with Gasteiger partial charge in [0.25, 0.3) is 0 Å². The third kappa shape index (κ3) is 2.73. The molecule has 0 aliphatic rings. The van der Waals surface area contributed by atoms with Crippen molar-refractivity contribution in [3.8, 4) is 5.75 Å². The number of benzene rings is 2. The van der Waals surface area contributed by atoms with E-state index in [1.807, 2.05) is 6.92 Å². The summed E-state index contributed by atoms with van der Waals surface area (Å²) in [6, 6.07) is 10.4. The molecule has 3 nitrogen and oxygen atoms in total. The Morgan fingerprint density at radius 3 is 2.53 bits per heavy atom. The van der Waals surface area contributed by atoms with Gasteiger partial charge in [-0.2, -0.15) is 0 Å². The molecule has 2 aromatic rings. The largest absolute Gasteiger partial charge is 0.491 e. The van der Waals surface area contributed by atoms with Crippen molar-refractivity contribution in [1.82, 2.24) is 0 Å². The Kier molecular flexibility index (Phi) is 3.80. The van der Waals surface area contributed by atoms with E-state index in [2.05, 4.69) is 0 Å². The number of rotatable bonds is 4.